The molecule has 0 radical (unpaired) electrons. The highest BCUT2D eigenvalue weighted by Crippen LogP contribution is 2.18. The largest absolute Gasteiger partial charge is 0.325 e. The Balaban J connectivity index is 2.41. The van der Waals surface area contributed by atoms with Crippen LogP contribution in [0.1, 0.15) is 5.01 Å². The van der Waals surface area contributed by atoms with Gasteiger partial charge in [0.15, 0.2) is 5.82 Å². The summed E-state index contributed by atoms with van der Waals surface area (Å²) in [6.07, 6.45) is 1.65. The second-order valence-corrected chi connectivity index (χ2v) is 3.54. The molecule has 0 bridgehead atoms. The molecule has 5 nitrogen and oxygen atoms in total. The van der Waals surface area contributed by atoms with Crippen LogP contribution >= 0.6 is 11.3 Å². The maximum Gasteiger partial charge on any atom is 0.183 e. The van der Waals surface area contributed by atoms with Crippen LogP contribution < -0.4 is 5.73 Å². The van der Waals surface area contributed by atoms with Crippen LogP contribution in [0.4, 0.5) is 0 Å². The molecule has 0 aliphatic rings. The molecule has 0 unspecified atom stereocenters. The summed E-state index contributed by atoms with van der Waals surface area (Å²) < 4.78 is 1.83. The van der Waals surface area contributed by atoms with Crippen molar-refractivity contribution in [3.63, 3.8) is 0 Å². The minimum atomic E-state index is 0.475. The van der Waals surface area contributed by atoms with Gasteiger partial charge in [0.2, 0.25) is 0 Å². The molecule has 2 aromatic rings. The van der Waals surface area contributed by atoms with Crippen LogP contribution in [0.15, 0.2) is 11.7 Å². The van der Waals surface area contributed by atoms with Crippen molar-refractivity contribution in [3.05, 3.63) is 16.7 Å². The Bertz CT molecular complexity index is 404. The van der Waals surface area contributed by atoms with Crippen LogP contribution in [-0.4, -0.2) is 19.7 Å². The molecule has 0 aliphatic carbocycles. The summed E-state index contributed by atoms with van der Waals surface area (Å²) in [5.74, 6) is 0.774. The summed E-state index contributed by atoms with van der Waals surface area (Å²) in [4.78, 5) is 4.30. The Hall–Kier alpha value is -1.27. The van der Waals surface area contributed by atoms with E-state index in [0.29, 0.717) is 6.54 Å². The van der Waals surface area contributed by atoms with Gasteiger partial charge in [0.05, 0.1) is 0 Å². The van der Waals surface area contributed by atoms with Gasteiger partial charge in [-0.2, -0.15) is 0 Å². The monoisotopic (exact) mass is 195 g/mol. The fourth-order valence-corrected chi connectivity index (χ4v) is 1.68. The van der Waals surface area contributed by atoms with Crippen LogP contribution in [0.5, 0.6) is 0 Å². The van der Waals surface area contributed by atoms with Crippen LogP contribution in [0, 0.1) is 0 Å². The molecule has 0 aliphatic heterocycles. The van der Waals surface area contributed by atoms with E-state index in [1.165, 1.54) is 11.3 Å². The Morgan fingerprint density at radius 1 is 1.62 bits per heavy atom. The number of hydrogen-bond acceptors (Lipinski definition) is 5. The molecule has 0 aromatic carbocycles. The maximum atomic E-state index is 5.46. The molecule has 68 valence electrons. The summed E-state index contributed by atoms with van der Waals surface area (Å²) >= 11 is 1.54. The first kappa shape index (κ1) is 8.33. The van der Waals surface area contributed by atoms with Crippen LogP contribution in [0.25, 0.3) is 11.5 Å². The third kappa shape index (κ3) is 1.45. The standard InChI is InChI=1S/C7H9N5S/c1-12-4-9-11-7(12)5-3-13-6(2-8)10-5/h3-4H,2,8H2,1H3. The van der Waals surface area contributed by atoms with Gasteiger partial charge in [0.25, 0.3) is 0 Å². The minimum Gasteiger partial charge on any atom is -0.325 e. The van der Waals surface area contributed by atoms with E-state index < -0.39 is 0 Å². The SMILES string of the molecule is Cn1cnnc1-c1csc(CN)n1. The van der Waals surface area contributed by atoms with Crippen molar-refractivity contribution in [1.29, 1.82) is 0 Å². The van der Waals surface area contributed by atoms with Crippen LogP contribution in [-0.2, 0) is 13.6 Å². The Morgan fingerprint density at radius 3 is 3.00 bits per heavy atom. The average Bonchev–Trinajstić information content (AvgIpc) is 2.71. The molecule has 0 saturated carbocycles. The van der Waals surface area contributed by atoms with Crippen molar-refractivity contribution in [1.82, 2.24) is 19.7 Å². The van der Waals surface area contributed by atoms with E-state index in [4.69, 9.17) is 5.73 Å². The quantitative estimate of drug-likeness (QED) is 0.753. The lowest BCUT2D eigenvalue weighted by atomic mass is 10.4. The normalized spacial score (nSPS) is 10.6. The van der Waals surface area contributed by atoms with E-state index in [-0.39, 0.29) is 0 Å². The number of hydrogen-bond donors (Lipinski definition) is 1. The van der Waals surface area contributed by atoms with Gasteiger partial charge in [-0.3, -0.25) is 0 Å². The first-order chi connectivity index (χ1) is 6.31. The zero-order valence-corrected chi connectivity index (χ0v) is 7.95. The summed E-state index contributed by atoms with van der Waals surface area (Å²) in [6.45, 7) is 0.475. The van der Waals surface area contributed by atoms with E-state index in [9.17, 15) is 0 Å². The molecule has 2 N–H and O–H groups in total. The number of nitrogens with two attached hydrogens (primary N) is 1. The molecular formula is C7H9N5S. The van der Waals surface area contributed by atoms with E-state index in [1.54, 1.807) is 6.33 Å². The molecule has 6 heteroatoms. The molecule has 0 saturated heterocycles. The number of aromatic nitrogens is 4. The average molecular weight is 195 g/mol. The Labute approximate surface area is 79.2 Å². The maximum absolute atomic E-state index is 5.46. The van der Waals surface area contributed by atoms with Crippen LogP contribution in [0.2, 0.25) is 0 Å². The fraction of sp³-hybridized carbons (Fsp3) is 0.286. The van der Waals surface area contributed by atoms with Crippen molar-refractivity contribution < 1.29 is 0 Å². The van der Waals surface area contributed by atoms with Gasteiger partial charge >= 0.3 is 0 Å². The third-order valence-electron chi connectivity index (χ3n) is 1.67. The van der Waals surface area contributed by atoms with Crippen molar-refractivity contribution in [2.45, 2.75) is 6.54 Å². The number of thiazole rings is 1. The molecule has 0 atom stereocenters. The molecule has 13 heavy (non-hydrogen) atoms. The van der Waals surface area contributed by atoms with Gasteiger partial charge in [-0.05, 0) is 0 Å². The summed E-state index contributed by atoms with van der Waals surface area (Å²) in [6, 6.07) is 0. The van der Waals surface area contributed by atoms with E-state index >= 15 is 0 Å². The number of nitrogens with zero attached hydrogens (tertiary/aromatic N) is 4. The lowest BCUT2D eigenvalue weighted by Crippen LogP contribution is -1.96. The number of rotatable bonds is 2. The Morgan fingerprint density at radius 2 is 2.46 bits per heavy atom. The van der Waals surface area contributed by atoms with Gasteiger partial charge in [-0.25, -0.2) is 4.98 Å². The van der Waals surface area contributed by atoms with Gasteiger partial charge in [0.1, 0.15) is 17.0 Å². The topological polar surface area (TPSA) is 69.6 Å². The smallest absolute Gasteiger partial charge is 0.183 e. The second-order valence-electron chi connectivity index (χ2n) is 2.60. The molecule has 2 rings (SSSR count). The molecule has 0 amide bonds. The predicted molar refractivity (Wildman–Crippen MR) is 50.0 cm³/mol. The highest BCUT2D eigenvalue weighted by atomic mass is 32.1. The second kappa shape index (κ2) is 3.23. The summed E-state index contributed by atoms with van der Waals surface area (Å²) in [5, 5.41) is 10.6. The predicted octanol–water partition coefficient (Wildman–Crippen LogP) is 0.397. The van der Waals surface area contributed by atoms with Gasteiger partial charge in [-0.1, -0.05) is 0 Å². The first-order valence-electron chi connectivity index (χ1n) is 3.80. The first-order valence-corrected chi connectivity index (χ1v) is 4.68. The highest BCUT2D eigenvalue weighted by Gasteiger charge is 2.07. The molecule has 2 heterocycles. The van der Waals surface area contributed by atoms with Gasteiger partial charge in [0, 0.05) is 19.0 Å². The molecular weight excluding hydrogens is 186 g/mol. The Kier molecular flexibility index (Phi) is 2.07. The lowest BCUT2D eigenvalue weighted by Gasteiger charge is -1.93. The van der Waals surface area contributed by atoms with Crippen molar-refractivity contribution >= 4 is 11.3 Å². The van der Waals surface area contributed by atoms with Crippen molar-refractivity contribution in [2.75, 3.05) is 0 Å². The van der Waals surface area contributed by atoms with E-state index in [2.05, 4.69) is 15.2 Å². The van der Waals surface area contributed by atoms with E-state index in [1.807, 2.05) is 17.0 Å². The highest BCUT2D eigenvalue weighted by molar-refractivity contribution is 7.09. The van der Waals surface area contributed by atoms with Crippen molar-refractivity contribution in [2.24, 2.45) is 12.8 Å². The zero-order chi connectivity index (χ0) is 9.26. The van der Waals surface area contributed by atoms with Crippen molar-refractivity contribution in [3.8, 4) is 11.5 Å². The van der Waals surface area contributed by atoms with Crippen LogP contribution in [0.3, 0.4) is 0 Å². The number of aryl methyl sites for hydroxylation is 1. The zero-order valence-electron chi connectivity index (χ0n) is 7.14. The lowest BCUT2D eigenvalue weighted by molar-refractivity contribution is 0.912. The van der Waals surface area contributed by atoms with Gasteiger partial charge in [-0.15, -0.1) is 21.5 Å². The van der Waals surface area contributed by atoms with E-state index in [0.717, 1.165) is 16.5 Å². The minimum absolute atomic E-state index is 0.475. The summed E-state index contributed by atoms with van der Waals surface area (Å²) in [5.41, 5.74) is 6.30. The van der Waals surface area contributed by atoms with Gasteiger partial charge < -0.3 is 10.3 Å². The third-order valence-corrected chi connectivity index (χ3v) is 2.54. The fourth-order valence-electron chi connectivity index (χ4n) is 1.02. The molecule has 2 aromatic heterocycles. The summed E-state index contributed by atoms with van der Waals surface area (Å²) in [7, 11) is 1.89. The molecule has 0 fully saturated rings. The molecule has 0 spiro atoms.